The molecule has 1 nitrogen and oxygen atoms in total. The van der Waals surface area contributed by atoms with Crippen LogP contribution in [-0.2, 0) is 0 Å². The molecular formula is C9H4F3O. The minimum atomic E-state index is -4.67. The highest BCUT2D eigenvalue weighted by Gasteiger charge is 2.30. The van der Waals surface area contributed by atoms with Gasteiger partial charge in [-0.1, -0.05) is 5.92 Å². The molecule has 0 saturated carbocycles. The summed E-state index contributed by atoms with van der Waals surface area (Å²) in [5.41, 5.74) is 0.398. The molecular weight excluding hydrogens is 181 g/mol. The Morgan fingerprint density at radius 2 is 1.69 bits per heavy atom. The molecule has 1 radical (unpaired) electrons. The lowest BCUT2D eigenvalue weighted by atomic mass is 10.2. The van der Waals surface area contributed by atoms with Crippen LogP contribution in [0, 0.1) is 12.3 Å². The molecule has 0 atom stereocenters. The minimum absolute atomic E-state index is 0.300. The van der Waals surface area contributed by atoms with E-state index in [-0.39, 0.29) is 5.75 Å². The van der Waals surface area contributed by atoms with E-state index < -0.39 is 6.36 Å². The minimum Gasteiger partial charge on any atom is -0.406 e. The van der Waals surface area contributed by atoms with Crippen LogP contribution in [0.15, 0.2) is 24.3 Å². The van der Waals surface area contributed by atoms with Crippen LogP contribution in [0.2, 0.25) is 0 Å². The topological polar surface area (TPSA) is 9.23 Å². The Balaban J connectivity index is 2.77. The highest BCUT2D eigenvalue weighted by Crippen LogP contribution is 2.22. The molecule has 0 bridgehead atoms. The summed E-state index contributed by atoms with van der Waals surface area (Å²) < 4.78 is 38.6. The van der Waals surface area contributed by atoms with Crippen molar-refractivity contribution in [1.29, 1.82) is 0 Å². The first-order chi connectivity index (χ1) is 6.01. The lowest BCUT2D eigenvalue weighted by Gasteiger charge is -2.07. The van der Waals surface area contributed by atoms with Crippen molar-refractivity contribution in [1.82, 2.24) is 0 Å². The van der Waals surface area contributed by atoms with Gasteiger partial charge in [0.1, 0.15) is 5.75 Å². The SMILES string of the molecule is [C]#Cc1ccc(OC(F)(F)F)cc1. The van der Waals surface area contributed by atoms with Gasteiger partial charge in [0.15, 0.2) is 0 Å². The summed E-state index contributed by atoms with van der Waals surface area (Å²) in [7, 11) is 0. The predicted molar refractivity (Wildman–Crippen MR) is 39.4 cm³/mol. The molecule has 0 aromatic heterocycles. The molecule has 0 spiro atoms. The number of rotatable bonds is 1. The second kappa shape index (κ2) is 3.40. The number of hydrogen-bond donors (Lipinski definition) is 0. The molecule has 0 aliphatic heterocycles. The average Bonchev–Trinajstić information content (AvgIpc) is 2.03. The van der Waals surface area contributed by atoms with Crippen LogP contribution in [0.25, 0.3) is 0 Å². The van der Waals surface area contributed by atoms with Gasteiger partial charge in [-0.3, -0.25) is 0 Å². The van der Waals surface area contributed by atoms with Gasteiger partial charge in [-0.2, -0.15) is 0 Å². The molecule has 0 saturated heterocycles. The van der Waals surface area contributed by atoms with Gasteiger partial charge in [0, 0.05) is 5.56 Å². The smallest absolute Gasteiger partial charge is 0.406 e. The van der Waals surface area contributed by atoms with Gasteiger partial charge in [-0.25, -0.2) is 0 Å². The van der Waals surface area contributed by atoms with Crippen LogP contribution < -0.4 is 4.74 Å². The third-order valence-electron chi connectivity index (χ3n) is 1.23. The third-order valence-corrected chi connectivity index (χ3v) is 1.23. The average molecular weight is 185 g/mol. The molecule has 0 aliphatic carbocycles. The first-order valence-electron chi connectivity index (χ1n) is 3.30. The fraction of sp³-hybridized carbons (Fsp3) is 0.111. The largest absolute Gasteiger partial charge is 0.573 e. The van der Waals surface area contributed by atoms with E-state index in [1.165, 1.54) is 12.1 Å². The number of hydrogen-bond acceptors (Lipinski definition) is 1. The maximum atomic E-state index is 11.6. The molecule has 0 heterocycles. The van der Waals surface area contributed by atoms with Crippen molar-refractivity contribution >= 4 is 0 Å². The lowest BCUT2D eigenvalue weighted by Crippen LogP contribution is -2.16. The summed E-state index contributed by atoms with van der Waals surface area (Å²) in [5.74, 6) is 1.73. The summed E-state index contributed by atoms with van der Waals surface area (Å²) in [6.45, 7) is 0. The molecule has 1 aromatic carbocycles. The number of benzene rings is 1. The van der Waals surface area contributed by atoms with E-state index in [0.29, 0.717) is 5.56 Å². The molecule has 0 N–H and O–H groups in total. The molecule has 67 valence electrons. The zero-order chi connectivity index (χ0) is 9.90. The van der Waals surface area contributed by atoms with Crippen molar-refractivity contribution in [3.05, 3.63) is 36.3 Å². The van der Waals surface area contributed by atoms with Crippen molar-refractivity contribution in [3.8, 4) is 11.7 Å². The van der Waals surface area contributed by atoms with E-state index in [9.17, 15) is 13.2 Å². The Bertz CT molecular complexity index is 318. The van der Waals surface area contributed by atoms with Crippen LogP contribution in [0.4, 0.5) is 13.2 Å². The van der Waals surface area contributed by atoms with Crippen molar-refractivity contribution in [2.24, 2.45) is 0 Å². The molecule has 0 unspecified atom stereocenters. The van der Waals surface area contributed by atoms with E-state index in [2.05, 4.69) is 4.74 Å². The standard InChI is InChI=1S/C9H4F3O/c1-2-7-3-5-8(6-4-7)13-9(10,11)12/h3-6H. The normalized spacial score (nSPS) is 10.6. The Kier molecular flexibility index (Phi) is 2.47. The quantitative estimate of drug-likeness (QED) is 0.611. The van der Waals surface area contributed by atoms with Crippen LogP contribution in [-0.4, -0.2) is 6.36 Å². The Hall–Kier alpha value is -1.63. The second-order valence-electron chi connectivity index (χ2n) is 2.20. The molecule has 4 heteroatoms. The van der Waals surface area contributed by atoms with E-state index >= 15 is 0 Å². The first kappa shape index (κ1) is 9.46. The molecule has 13 heavy (non-hydrogen) atoms. The van der Waals surface area contributed by atoms with Gasteiger partial charge < -0.3 is 4.74 Å². The van der Waals surface area contributed by atoms with Crippen molar-refractivity contribution in [3.63, 3.8) is 0 Å². The van der Waals surface area contributed by atoms with Gasteiger partial charge in [0.25, 0.3) is 0 Å². The molecule has 1 rings (SSSR count). The molecule has 1 aromatic rings. The van der Waals surface area contributed by atoms with Gasteiger partial charge >= 0.3 is 6.36 Å². The highest BCUT2D eigenvalue weighted by molar-refractivity contribution is 5.35. The first-order valence-corrected chi connectivity index (χ1v) is 3.30. The molecule has 0 aliphatic rings. The maximum Gasteiger partial charge on any atom is 0.573 e. The van der Waals surface area contributed by atoms with E-state index in [1.807, 2.05) is 5.92 Å². The number of alkyl halides is 3. The fourth-order valence-corrected chi connectivity index (χ4v) is 0.740. The van der Waals surface area contributed by atoms with Crippen molar-refractivity contribution in [2.75, 3.05) is 0 Å². The summed E-state index contributed by atoms with van der Waals surface area (Å²) in [5, 5.41) is 0. The molecule has 0 fully saturated rings. The second-order valence-corrected chi connectivity index (χ2v) is 2.20. The summed E-state index contributed by atoms with van der Waals surface area (Å²) >= 11 is 0. The summed E-state index contributed by atoms with van der Waals surface area (Å²) in [4.78, 5) is 0. The fourth-order valence-electron chi connectivity index (χ4n) is 0.740. The monoisotopic (exact) mass is 185 g/mol. The number of ether oxygens (including phenoxy) is 1. The van der Waals surface area contributed by atoms with Gasteiger partial charge in [-0.15, -0.1) is 13.2 Å². The van der Waals surface area contributed by atoms with Crippen LogP contribution in [0.1, 0.15) is 5.56 Å². The Morgan fingerprint density at radius 3 is 2.08 bits per heavy atom. The summed E-state index contributed by atoms with van der Waals surface area (Å²) in [6.07, 6.45) is 2.01. The van der Waals surface area contributed by atoms with Gasteiger partial charge in [-0.05, 0) is 30.7 Å². The van der Waals surface area contributed by atoms with Gasteiger partial charge in [0.05, 0.1) is 0 Å². The lowest BCUT2D eigenvalue weighted by molar-refractivity contribution is -0.274. The number of halogens is 3. The Morgan fingerprint density at radius 1 is 1.15 bits per heavy atom. The van der Waals surface area contributed by atoms with Crippen molar-refractivity contribution in [2.45, 2.75) is 6.36 Å². The van der Waals surface area contributed by atoms with E-state index in [0.717, 1.165) is 12.1 Å². The molecule has 0 amide bonds. The Labute approximate surface area is 73.1 Å². The predicted octanol–water partition coefficient (Wildman–Crippen LogP) is 2.52. The van der Waals surface area contributed by atoms with Crippen LogP contribution in [0.5, 0.6) is 5.75 Å². The summed E-state index contributed by atoms with van der Waals surface area (Å²) in [6, 6.07) is 4.89. The third kappa shape index (κ3) is 3.08. The zero-order valence-electron chi connectivity index (χ0n) is 6.35. The zero-order valence-corrected chi connectivity index (χ0v) is 6.35. The van der Waals surface area contributed by atoms with Gasteiger partial charge in [0.2, 0.25) is 0 Å². The maximum absolute atomic E-state index is 11.6. The van der Waals surface area contributed by atoms with Crippen molar-refractivity contribution < 1.29 is 17.9 Å². The van der Waals surface area contributed by atoms with E-state index in [1.54, 1.807) is 0 Å². The van der Waals surface area contributed by atoms with Crippen LogP contribution >= 0.6 is 0 Å². The van der Waals surface area contributed by atoms with E-state index in [4.69, 9.17) is 6.42 Å². The van der Waals surface area contributed by atoms with Crippen LogP contribution in [0.3, 0.4) is 0 Å². The highest BCUT2D eigenvalue weighted by atomic mass is 19.4.